The van der Waals surface area contributed by atoms with Gasteiger partial charge in [-0.05, 0) is 93.0 Å². The molecule has 0 fully saturated rings. The van der Waals surface area contributed by atoms with E-state index in [2.05, 4.69) is 134 Å². The summed E-state index contributed by atoms with van der Waals surface area (Å²) in [4.78, 5) is 0. The molecule has 6 rings (SSSR count). The molecular weight excluding hydrogens is 798 g/mol. The Morgan fingerprint density at radius 3 is 0.609 bits per heavy atom. The number of benzene rings is 6. The summed E-state index contributed by atoms with van der Waals surface area (Å²) >= 11 is 4.24. The van der Waals surface area contributed by atoms with Crippen LogP contribution >= 0.6 is 37.2 Å². The fourth-order valence-electron chi connectivity index (χ4n) is 5.06. The molecule has 4 nitrogen and oxygen atoms in total. The molecule has 0 spiro atoms. The van der Waals surface area contributed by atoms with Crippen molar-refractivity contribution in [3.8, 4) is 67.5 Å². The lowest BCUT2D eigenvalue weighted by atomic mass is 9.94. The van der Waals surface area contributed by atoms with Crippen molar-refractivity contribution in [1.29, 1.82) is 0 Å². The maximum Gasteiger partial charge on any atom is 0.118 e. The van der Waals surface area contributed by atoms with E-state index in [1.54, 1.807) is 28.4 Å². The van der Waals surface area contributed by atoms with Gasteiger partial charge in [0.15, 0.2) is 0 Å². The van der Waals surface area contributed by atoms with Gasteiger partial charge in [-0.1, -0.05) is 97.1 Å². The summed E-state index contributed by atoms with van der Waals surface area (Å²) in [6.45, 7) is 0. The Labute approximate surface area is 295 Å². The molecule has 0 atom stereocenters. The van der Waals surface area contributed by atoms with Crippen LogP contribution in [0.2, 0.25) is 0 Å². The number of ether oxygens (including phenoxy) is 4. The Bertz CT molecular complexity index is 1500. The maximum atomic E-state index is 5.23. The lowest BCUT2D eigenvalue weighted by molar-refractivity contribution is 0.414. The van der Waals surface area contributed by atoms with Crippen molar-refractivity contribution in [3.05, 3.63) is 146 Å². The van der Waals surface area contributed by atoms with E-state index in [1.165, 1.54) is 44.5 Å². The molecule has 0 radical (unpaired) electrons. The maximum absolute atomic E-state index is 5.23. The van der Waals surface area contributed by atoms with Crippen LogP contribution in [0.15, 0.2) is 146 Å². The SMILES string of the molecule is COc1ccc(-c2ccccc2-c2ccc(OC)cc2)cc1.COc1ccc(-c2ccccc2-c2ccc(OC)cc2)cc1.II. The van der Waals surface area contributed by atoms with Crippen molar-refractivity contribution < 1.29 is 18.9 Å². The highest BCUT2D eigenvalue weighted by molar-refractivity contribution is 15.0. The average Bonchev–Trinajstić information content (AvgIpc) is 3.16. The highest BCUT2D eigenvalue weighted by atomic mass is 128. The third-order valence-electron chi connectivity index (χ3n) is 7.46. The zero-order valence-corrected chi connectivity index (χ0v) is 30.6. The number of hydrogen-bond acceptors (Lipinski definition) is 4. The second kappa shape index (κ2) is 18.2. The third-order valence-corrected chi connectivity index (χ3v) is 7.46. The van der Waals surface area contributed by atoms with Crippen molar-refractivity contribution >= 4 is 37.2 Å². The Kier molecular flexibility index (Phi) is 13.8. The molecule has 0 bridgehead atoms. The number of hydrogen-bond donors (Lipinski definition) is 0. The monoisotopic (exact) mass is 834 g/mol. The van der Waals surface area contributed by atoms with Gasteiger partial charge in [-0.2, -0.15) is 0 Å². The van der Waals surface area contributed by atoms with Crippen molar-refractivity contribution in [2.45, 2.75) is 0 Å². The van der Waals surface area contributed by atoms with E-state index >= 15 is 0 Å². The molecule has 46 heavy (non-hydrogen) atoms. The van der Waals surface area contributed by atoms with Crippen molar-refractivity contribution in [2.75, 3.05) is 28.4 Å². The van der Waals surface area contributed by atoms with Crippen LogP contribution in [0.1, 0.15) is 0 Å². The summed E-state index contributed by atoms with van der Waals surface area (Å²) < 4.78 is 20.9. The summed E-state index contributed by atoms with van der Waals surface area (Å²) in [5.74, 6) is 3.47. The summed E-state index contributed by atoms with van der Waals surface area (Å²) in [5.41, 5.74) is 9.51. The molecule has 0 aliphatic carbocycles. The topological polar surface area (TPSA) is 36.9 Å². The van der Waals surface area contributed by atoms with Crippen molar-refractivity contribution in [3.63, 3.8) is 0 Å². The first kappa shape index (κ1) is 34.8. The van der Waals surface area contributed by atoms with Gasteiger partial charge in [0, 0.05) is 37.2 Å². The van der Waals surface area contributed by atoms with Crippen LogP contribution in [0.25, 0.3) is 44.5 Å². The van der Waals surface area contributed by atoms with E-state index in [-0.39, 0.29) is 0 Å². The molecule has 0 amide bonds. The minimum Gasteiger partial charge on any atom is -0.497 e. The van der Waals surface area contributed by atoms with Gasteiger partial charge >= 0.3 is 0 Å². The molecule has 0 saturated carbocycles. The van der Waals surface area contributed by atoms with Gasteiger partial charge < -0.3 is 18.9 Å². The molecule has 0 unspecified atom stereocenters. The van der Waals surface area contributed by atoms with E-state index in [4.69, 9.17) is 18.9 Å². The largest absolute Gasteiger partial charge is 0.497 e. The predicted molar refractivity (Wildman–Crippen MR) is 209 cm³/mol. The fraction of sp³-hybridized carbons (Fsp3) is 0.100. The molecule has 0 N–H and O–H groups in total. The summed E-state index contributed by atoms with van der Waals surface area (Å²) in [5, 5.41) is 0. The van der Waals surface area contributed by atoms with Gasteiger partial charge in [-0.25, -0.2) is 0 Å². The van der Waals surface area contributed by atoms with E-state index in [0.29, 0.717) is 0 Å². The molecule has 6 aromatic carbocycles. The molecule has 0 heterocycles. The average molecular weight is 835 g/mol. The van der Waals surface area contributed by atoms with Gasteiger partial charge in [0.1, 0.15) is 23.0 Å². The van der Waals surface area contributed by atoms with Crippen LogP contribution in [-0.4, -0.2) is 28.4 Å². The summed E-state index contributed by atoms with van der Waals surface area (Å²) in [6.07, 6.45) is 0. The van der Waals surface area contributed by atoms with E-state index in [0.717, 1.165) is 23.0 Å². The minimum absolute atomic E-state index is 0.866. The predicted octanol–water partition coefficient (Wildman–Crippen LogP) is 11.8. The molecule has 6 heteroatoms. The Balaban J connectivity index is 0.000000198. The second-order valence-electron chi connectivity index (χ2n) is 10.0. The van der Waals surface area contributed by atoms with E-state index in [9.17, 15) is 0 Å². The third kappa shape index (κ3) is 9.04. The number of halogens is 2. The zero-order valence-electron chi connectivity index (χ0n) is 26.2. The fourth-order valence-corrected chi connectivity index (χ4v) is 5.06. The lowest BCUT2D eigenvalue weighted by Gasteiger charge is -2.11. The first-order chi connectivity index (χ1) is 22.6. The summed E-state index contributed by atoms with van der Waals surface area (Å²) in [7, 11) is 6.72. The summed E-state index contributed by atoms with van der Waals surface area (Å²) in [6, 6.07) is 49.4. The molecule has 234 valence electrons. The Morgan fingerprint density at radius 1 is 0.283 bits per heavy atom. The van der Waals surface area contributed by atoms with Gasteiger partial charge in [0.25, 0.3) is 0 Å². The van der Waals surface area contributed by atoms with Crippen LogP contribution in [0, 0.1) is 0 Å². The van der Waals surface area contributed by atoms with Crippen LogP contribution in [-0.2, 0) is 0 Å². The van der Waals surface area contributed by atoms with Gasteiger partial charge in [0.2, 0.25) is 0 Å². The van der Waals surface area contributed by atoms with Crippen molar-refractivity contribution in [1.82, 2.24) is 0 Å². The quantitative estimate of drug-likeness (QED) is 0.143. The Morgan fingerprint density at radius 2 is 0.457 bits per heavy atom. The van der Waals surface area contributed by atoms with E-state index < -0.39 is 0 Å². The smallest absolute Gasteiger partial charge is 0.118 e. The highest BCUT2D eigenvalue weighted by Gasteiger charge is 2.09. The minimum atomic E-state index is 0.866. The molecular formula is C40H36I2O4. The van der Waals surface area contributed by atoms with Crippen LogP contribution in [0.3, 0.4) is 0 Å². The number of rotatable bonds is 8. The first-order valence-corrected chi connectivity index (χ1v) is 20.8. The molecule has 0 aliphatic heterocycles. The normalized spacial score (nSPS) is 9.96. The van der Waals surface area contributed by atoms with Crippen LogP contribution in [0.4, 0.5) is 0 Å². The zero-order chi connectivity index (χ0) is 32.7. The van der Waals surface area contributed by atoms with Crippen molar-refractivity contribution in [2.24, 2.45) is 0 Å². The highest BCUT2D eigenvalue weighted by Crippen LogP contribution is 2.35. The molecule has 0 saturated heterocycles. The van der Waals surface area contributed by atoms with E-state index in [1.807, 2.05) is 48.5 Å². The molecule has 0 aliphatic rings. The van der Waals surface area contributed by atoms with Gasteiger partial charge in [-0.3, -0.25) is 0 Å². The number of methoxy groups -OCH3 is 4. The van der Waals surface area contributed by atoms with Crippen LogP contribution in [0.5, 0.6) is 23.0 Å². The Hall–Kier alpha value is -4.02. The van der Waals surface area contributed by atoms with Gasteiger partial charge in [-0.15, -0.1) is 0 Å². The molecule has 0 aromatic heterocycles. The van der Waals surface area contributed by atoms with Gasteiger partial charge in [0.05, 0.1) is 28.4 Å². The second-order valence-corrected chi connectivity index (χ2v) is 10.0. The lowest BCUT2D eigenvalue weighted by Crippen LogP contribution is -1.87. The van der Waals surface area contributed by atoms with Crippen LogP contribution < -0.4 is 18.9 Å². The first-order valence-electron chi connectivity index (χ1n) is 14.5. The molecule has 6 aromatic rings. The standard InChI is InChI=1S/2C20H18O2.I2/c2*1-21-17-11-7-15(8-12-17)19-5-3-4-6-20(19)16-9-13-18(22-2)14-10-16;1-2/h2*3-14H,1-2H3;.